The summed E-state index contributed by atoms with van der Waals surface area (Å²) in [4.78, 5) is 21.7. The molecule has 1 aliphatic carbocycles. The minimum atomic E-state index is -4.92. The molecule has 0 saturated heterocycles. The molecular weight excluding hydrogens is 638 g/mol. The molecule has 14 heteroatoms. The van der Waals surface area contributed by atoms with Gasteiger partial charge in [0.1, 0.15) is 34.9 Å². The molecule has 2 aromatic carbocycles. The summed E-state index contributed by atoms with van der Waals surface area (Å²) in [5.74, 6) is -2.88. The standard InChI is InChI=1S/C32H23ClF6N4O3/c1-30(14-40)15-45-28-22(30)11-24(43-27(28)16-2-4-19(5-3-16)31(34,35)36)23(32(37,38)39)13-42-29(44)18-8-17-9-20(33)12-41-26(17)25(10-18)46-21-6-7-21/h2-5,8-12,21,23H,6-7,13,15H2,1H3,(H,42,44). The summed E-state index contributed by atoms with van der Waals surface area (Å²) in [6.45, 7) is 0.345. The van der Waals surface area contributed by atoms with E-state index >= 15 is 0 Å². The zero-order valence-electron chi connectivity index (χ0n) is 23.9. The number of hydrogen-bond acceptors (Lipinski definition) is 6. The maximum Gasteiger partial charge on any atom is 0.416 e. The topological polar surface area (TPSA) is 97.1 Å². The van der Waals surface area contributed by atoms with Crippen LogP contribution in [0.5, 0.6) is 11.5 Å². The lowest BCUT2D eigenvalue weighted by Gasteiger charge is -2.23. The van der Waals surface area contributed by atoms with Crippen LogP contribution >= 0.6 is 11.6 Å². The zero-order chi connectivity index (χ0) is 33.0. The number of pyridine rings is 2. The fourth-order valence-corrected chi connectivity index (χ4v) is 5.31. The Bertz CT molecular complexity index is 1890. The number of amides is 1. The van der Waals surface area contributed by atoms with E-state index in [4.69, 9.17) is 21.1 Å². The van der Waals surface area contributed by atoms with Gasteiger partial charge in [0.25, 0.3) is 5.91 Å². The van der Waals surface area contributed by atoms with Crippen LogP contribution in [0.2, 0.25) is 5.02 Å². The Morgan fingerprint density at radius 2 is 1.87 bits per heavy atom. The van der Waals surface area contributed by atoms with Crippen molar-refractivity contribution in [1.82, 2.24) is 15.3 Å². The molecule has 3 heterocycles. The van der Waals surface area contributed by atoms with Crippen LogP contribution in [0.25, 0.3) is 22.2 Å². The summed E-state index contributed by atoms with van der Waals surface area (Å²) < 4.78 is 95.0. The van der Waals surface area contributed by atoms with Crippen molar-refractivity contribution >= 4 is 28.4 Å². The van der Waals surface area contributed by atoms with Gasteiger partial charge in [0.2, 0.25) is 0 Å². The van der Waals surface area contributed by atoms with Gasteiger partial charge in [-0.15, -0.1) is 0 Å². The predicted octanol–water partition coefficient (Wildman–Crippen LogP) is 7.76. The monoisotopic (exact) mass is 660 g/mol. The second-order valence-corrected chi connectivity index (χ2v) is 11.8. The quantitative estimate of drug-likeness (QED) is 0.204. The highest BCUT2D eigenvalue weighted by atomic mass is 35.5. The van der Waals surface area contributed by atoms with Crippen LogP contribution in [-0.4, -0.2) is 41.3 Å². The van der Waals surface area contributed by atoms with Gasteiger partial charge in [0, 0.05) is 34.8 Å². The molecule has 238 valence electrons. The first-order valence-corrected chi connectivity index (χ1v) is 14.4. The Morgan fingerprint density at radius 3 is 2.50 bits per heavy atom. The molecule has 4 aromatic rings. The molecule has 0 radical (unpaired) electrons. The number of nitrogens with zero attached hydrogens (tertiary/aromatic N) is 3. The Hall–Kier alpha value is -4.57. The fraction of sp³-hybridized carbons (Fsp3) is 0.312. The molecular formula is C32H23ClF6N4O3. The average molecular weight is 661 g/mol. The third-order valence-corrected chi connectivity index (χ3v) is 8.05. The summed E-state index contributed by atoms with van der Waals surface area (Å²) in [5.41, 5.74) is -2.37. The van der Waals surface area contributed by atoms with Crippen LogP contribution < -0.4 is 14.8 Å². The number of halogens is 7. The van der Waals surface area contributed by atoms with Crippen molar-refractivity contribution in [3.05, 3.63) is 82.1 Å². The van der Waals surface area contributed by atoms with Gasteiger partial charge >= 0.3 is 12.4 Å². The maximum absolute atomic E-state index is 14.6. The number of benzene rings is 2. The minimum Gasteiger partial charge on any atom is -0.489 e. The molecule has 1 N–H and O–H groups in total. The molecule has 0 spiro atoms. The summed E-state index contributed by atoms with van der Waals surface area (Å²) in [6.07, 6.45) is -6.56. The molecule has 2 unspecified atom stereocenters. The van der Waals surface area contributed by atoms with Crippen LogP contribution in [0.3, 0.4) is 0 Å². The number of ether oxygens (including phenoxy) is 2. The number of nitriles is 1. The highest BCUT2D eigenvalue weighted by Gasteiger charge is 2.45. The van der Waals surface area contributed by atoms with Crippen molar-refractivity contribution < 1.29 is 40.6 Å². The van der Waals surface area contributed by atoms with Crippen LogP contribution in [0, 0.1) is 11.3 Å². The number of rotatable bonds is 7. The highest BCUT2D eigenvalue weighted by molar-refractivity contribution is 6.31. The Morgan fingerprint density at radius 1 is 1.15 bits per heavy atom. The van der Waals surface area contributed by atoms with Gasteiger partial charge in [-0.05, 0) is 56.2 Å². The SMILES string of the molecule is CC1(C#N)COc2c1cc(C(CNC(=O)c1cc(OC3CC3)c3ncc(Cl)cc3c1)C(F)(F)F)nc2-c1ccc(C(F)(F)F)cc1. The van der Waals surface area contributed by atoms with Crippen LogP contribution in [0.1, 0.15) is 52.9 Å². The second kappa shape index (κ2) is 11.3. The number of nitrogens with one attached hydrogen (secondary N) is 1. The third kappa shape index (κ3) is 6.13. The van der Waals surface area contributed by atoms with Gasteiger partial charge in [-0.25, -0.2) is 4.98 Å². The van der Waals surface area contributed by atoms with Gasteiger partial charge in [-0.1, -0.05) is 23.7 Å². The van der Waals surface area contributed by atoms with E-state index in [-0.39, 0.29) is 40.8 Å². The smallest absolute Gasteiger partial charge is 0.416 e. The summed E-state index contributed by atoms with van der Waals surface area (Å²) >= 11 is 6.08. The highest BCUT2D eigenvalue weighted by Crippen LogP contribution is 2.47. The lowest BCUT2D eigenvalue weighted by molar-refractivity contribution is -0.149. The van der Waals surface area contributed by atoms with E-state index in [0.29, 0.717) is 21.7 Å². The van der Waals surface area contributed by atoms with Crippen molar-refractivity contribution in [3.63, 3.8) is 0 Å². The minimum absolute atomic E-state index is 0.00384. The third-order valence-electron chi connectivity index (χ3n) is 7.84. The van der Waals surface area contributed by atoms with Crippen molar-refractivity contribution in [2.24, 2.45) is 0 Å². The van der Waals surface area contributed by atoms with Crippen molar-refractivity contribution in [2.75, 3.05) is 13.2 Å². The normalized spacial score (nSPS) is 18.4. The Kier molecular flexibility index (Phi) is 7.75. The first-order chi connectivity index (χ1) is 21.7. The number of hydrogen-bond donors (Lipinski definition) is 1. The number of alkyl halides is 6. The number of aromatic nitrogens is 2. The van der Waals surface area contributed by atoms with E-state index in [1.54, 1.807) is 6.07 Å². The van der Waals surface area contributed by atoms with Gasteiger partial charge in [0.15, 0.2) is 5.75 Å². The van der Waals surface area contributed by atoms with Crippen molar-refractivity contribution in [1.29, 1.82) is 5.26 Å². The molecule has 1 fully saturated rings. The van der Waals surface area contributed by atoms with Gasteiger partial charge < -0.3 is 14.8 Å². The predicted molar refractivity (Wildman–Crippen MR) is 155 cm³/mol. The average Bonchev–Trinajstić information content (AvgIpc) is 3.76. The van der Waals surface area contributed by atoms with Crippen LogP contribution in [-0.2, 0) is 11.6 Å². The molecule has 6 rings (SSSR count). The molecule has 1 saturated carbocycles. The molecule has 2 aromatic heterocycles. The number of carbonyl (C=O) groups excluding carboxylic acids is 1. The van der Waals surface area contributed by atoms with Crippen molar-refractivity contribution in [3.8, 4) is 28.8 Å². The summed E-state index contributed by atoms with van der Waals surface area (Å²) in [5, 5.41) is 12.9. The second-order valence-electron chi connectivity index (χ2n) is 11.4. The summed E-state index contributed by atoms with van der Waals surface area (Å²) in [6, 6.07) is 11.3. The largest absolute Gasteiger partial charge is 0.489 e. The van der Waals surface area contributed by atoms with E-state index in [2.05, 4.69) is 15.3 Å². The Balaban J connectivity index is 1.36. The molecule has 1 amide bonds. The van der Waals surface area contributed by atoms with Gasteiger partial charge in [-0.3, -0.25) is 9.78 Å². The number of carbonyl (C=O) groups is 1. The van der Waals surface area contributed by atoms with E-state index in [9.17, 15) is 36.4 Å². The van der Waals surface area contributed by atoms with Gasteiger partial charge in [-0.2, -0.15) is 31.6 Å². The lowest BCUT2D eigenvalue weighted by Crippen LogP contribution is -2.36. The molecule has 2 atom stereocenters. The first-order valence-electron chi connectivity index (χ1n) is 14.0. The maximum atomic E-state index is 14.6. The lowest BCUT2D eigenvalue weighted by atomic mass is 9.84. The van der Waals surface area contributed by atoms with Crippen LogP contribution in [0.15, 0.2) is 54.7 Å². The molecule has 7 nitrogen and oxygen atoms in total. The zero-order valence-corrected chi connectivity index (χ0v) is 24.6. The van der Waals surface area contributed by atoms with E-state index in [1.807, 2.05) is 6.07 Å². The fourth-order valence-electron chi connectivity index (χ4n) is 5.15. The van der Waals surface area contributed by atoms with Crippen LogP contribution in [0.4, 0.5) is 26.3 Å². The summed E-state index contributed by atoms with van der Waals surface area (Å²) in [7, 11) is 0. The molecule has 2 aliphatic rings. The van der Waals surface area contributed by atoms with E-state index < -0.39 is 47.4 Å². The molecule has 1 aliphatic heterocycles. The molecule has 46 heavy (non-hydrogen) atoms. The van der Waals surface area contributed by atoms with Crippen molar-refractivity contribution in [2.45, 2.75) is 49.6 Å². The van der Waals surface area contributed by atoms with Gasteiger partial charge in [0.05, 0.1) is 28.5 Å². The van der Waals surface area contributed by atoms with E-state index in [0.717, 1.165) is 43.2 Å². The number of fused-ring (bicyclic) bond motifs is 2. The van der Waals surface area contributed by atoms with E-state index in [1.165, 1.54) is 25.3 Å². The Labute approximate surface area is 263 Å². The first kappa shape index (κ1) is 31.4. The molecule has 0 bridgehead atoms.